The van der Waals surface area contributed by atoms with Gasteiger partial charge in [-0.2, -0.15) is 0 Å². The van der Waals surface area contributed by atoms with Gasteiger partial charge in [-0.15, -0.1) is 0 Å². The van der Waals surface area contributed by atoms with Crippen molar-refractivity contribution in [3.8, 4) is 33.4 Å². The number of benzene rings is 9. The van der Waals surface area contributed by atoms with Gasteiger partial charge in [0.05, 0.1) is 33.1 Å². The van der Waals surface area contributed by atoms with Crippen LogP contribution in [0.1, 0.15) is 58.4 Å². The van der Waals surface area contributed by atoms with E-state index >= 15 is 0 Å². The number of halogens is 6. The lowest BCUT2D eigenvalue weighted by Gasteiger charge is -2.09. The van der Waals surface area contributed by atoms with Crippen molar-refractivity contribution >= 4 is 98.7 Å². The van der Waals surface area contributed by atoms with Gasteiger partial charge in [0.1, 0.15) is 17.5 Å². The largest absolute Gasteiger partial charge is 0.366 e. The molecule has 0 atom stereocenters. The molecular formula is C68H49F6N9O3. The molecule has 3 aromatic heterocycles. The second kappa shape index (κ2) is 25.8. The number of carbonyl (C=O) groups is 3. The van der Waals surface area contributed by atoms with Crippen LogP contribution >= 0.6 is 0 Å². The minimum atomic E-state index is -0.899. The van der Waals surface area contributed by atoms with Gasteiger partial charge in [-0.3, -0.25) is 14.4 Å². The van der Waals surface area contributed by atoms with Crippen LogP contribution in [-0.2, 0) is 9.59 Å². The summed E-state index contributed by atoms with van der Waals surface area (Å²) in [5.74, 6) is -4.29. The standard InChI is InChI=1S/2C23H17F2N3O.C22H15F2N3O/c1-14(29)26-18-4-2-3-16(12-18)17-7-9-21-22(13-17)28-23(27-21)10-6-15-5-8-19(24)20(25)11-15;1-14(29)26-20-5-3-2-4-17(20)16-8-10-21-22(13-16)28-23(27-21)11-7-15-6-9-18(24)19(25)12-15;23-17-8-5-13(11-18(17)24)6-10-21-26-19-9-7-14(12-20(19)27-21)15-3-1-2-4-16(15)22(25)28/h2*2-13H,1H3,(H,26,29)(H,27,28);1-12H,(H2,25,28)(H,26,27)/b10-6+;11-7+;10-6+. The van der Waals surface area contributed by atoms with Crippen molar-refractivity contribution in [1.29, 1.82) is 0 Å². The summed E-state index contributed by atoms with van der Waals surface area (Å²) in [5.41, 5.74) is 19.1. The first-order valence-corrected chi connectivity index (χ1v) is 26.5. The van der Waals surface area contributed by atoms with E-state index in [0.29, 0.717) is 39.7 Å². The number of H-pyrrole nitrogens is 3. The number of anilines is 2. The van der Waals surface area contributed by atoms with Crippen molar-refractivity contribution in [2.45, 2.75) is 13.8 Å². The topological polar surface area (TPSA) is 187 Å². The van der Waals surface area contributed by atoms with Crippen LogP contribution in [0.25, 0.3) is 103 Å². The lowest BCUT2D eigenvalue weighted by atomic mass is 9.99. The zero-order valence-corrected chi connectivity index (χ0v) is 45.7. The summed E-state index contributed by atoms with van der Waals surface area (Å²) in [7, 11) is 0. The summed E-state index contributed by atoms with van der Waals surface area (Å²) in [4.78, 5) is 57.4. The number of nitrogens with two attached hydrogens (primary N) is 1. The summed E-state index contributed by atoms with van der Waals surface area (Å²) in [5, 5.41) is 5.62. The quantitative estimate of drug-likeness (QED) is 0.0661. The summed E-state index contributed by atoms with van der Waals surface area (Å²) < 4.78 is 79.0. The van der Waals surface area contributed by atoms with E-state index in [2.05, 4.69) is 40.5 Å². The molecular weight excluding hydrogens is 1100 g/mol. The van der Waals surface area contributed by atoms with Gasteiger partial charge in [-0.25, -0.2) is 41.3 Å². The summed E-state index contributed by atoms with van der Waals surface area (Å²) in [6.07, 6.45) is 10.1. The number of para-hydroxylation sites is 1. The predicted molar refractivity (Wildman–Crippen MR) is 328 cm³/mol. The monoisotopic (exact) mass is 1150 g/mol. The molecule has 0 aliphatic heterocycles. The molecule has 0 saturated carbocycles. The second-order valence-electron chi connectivity index (χ2n) is 19.5. The van der Waals surface area contributed by atoms with Crippen LogP contribution in [0.15, 0.2) is 182 Å². The number of nitrogens with zero attached hydrogens (tertiary/aromatic N) is 3. The number of rotatable bonds is 12. The van der Waals surface area contributed by atoms with Crippen molar-refractivity contribution in [2.24, 2.45) is 5.73 Å². The smallest absolute Gasteiger partial charge is 0.249 e. The van der Waals surface area contributed by atoms with Crippen LogP contribution in [-0.4, -0.2) is 47.6 Å². The van der Waals surface area contributed by atoms with Gasteiger partial charge in [0.15, 0.2) is 34.9 Å². The number of amides is 3. The van der Waals surface area contributed by atoms with Crippen molar-refractivity contribution in [1.82, 2.24) is 29.9 Å². The number of aromatic nitrogens is 6. The Balaban J connectivity index is 0.000000143. The van der Waals surface area contributed by atoms with Crippen LogP contribution in [0.2, 0.25) is 0 Å². The van der Waals surface area contributed by atoms with Crippen LogP contribution in [0.5, 0.6) is 0 Å². The lowest BCUT2D eigenvalue weighted by Crippen LogP contribution is -2.12. The molecule has 7 N–H and O–H groups in total. The number of fused-ring (bicyclic) bond motifs is 3. The van der Waals surface area contributed by atoms with Gasteiger partial charge in [-0.1, -0.05) is 103 Å². The normalized spacial score (nSPS) is 11.3. The molecule has 3 heterocycles. The molecule has 12 nitrogen and oxygen atoms in total. The van der Waals surface area contributed by atoms with E-state index < -0.39 is 40.8 Å². The maximum Gasteiger partial charge on any atom is 0.249 e. The first kappa shape index (κ1) is 57.8. The number of primary amides is 1. The first-order chi connectivity index (χ1) is 41.5. The third-order valence-electron chi connectivity index (χ3n) is 13.2. The van der Waals surface area contributed by atoms with E-state index in [1.807, 2.05) is 115 Å². The van der Waals surface area contributed by atoms with Crippen LogP contribution < -0.4 is 16.4 Å². The van der Waals surface area contributed by atoms with E-state index in [9.17, 15) is 40.7 Å². The lowest BCUT2D eigenvalue weighted by molar-refractivity contribution is -0.115. The predicted octanol–water partition coefficient (Wildman–Crippen LogP) is 16.1. The van der Waals surface area contributed by atoms with Gasteiger partial charge in [0.25, 0.3) is 0 Å². The van der Waals surface area contributed by atoms with Crippen LogP contribution in [0, 0.1) is 34.9 Å². The van der Waals surface area contributed by atoms with Crippen molar-refractivity contribution in [2.75, 3.05) is 10.6 Å². The molecule has 0 aliphatic carbocycles. The highest BCUT2D eigenvalue weighted by Gasteiger charge is 2.13. The van der Waals surface area contributed by atoms with Gasteiger partial charge in [0, 0.05) is 36.3 Å². The van der Waals surface area contributed by atoms with E-state index in [0.717, 1.165) is 114 Å². The number of hydrogen-bond acceptors (Lipinski definition) is 6. The average Bonchev–Trinajstić information content (AvgIpc) is 3.66. The fourth-order valence-corrected chi connectivity index (χ4v) is 9.18. The molecule has 18 heteroatoms. The fraction of sp³-hybridized carbons (Fsp3) is 0.0294. The van der Waals surface area contributed by atoms with E-state index in [1.54, 1.807) is 48.6 Å². The molecule has 426 valence electrons. The molecule has 0 radical (unpaired) electrons. The maximum absolute atomic E-state index is 13.3. The third-order valence-corrected chi connectivity index (χ3v) is 13.2. The van der Waals surface area contributed by atoms with Gasteiger partial charge >= 0.3 is 0 Å². The highest BCUT2D eigenvalue weighted by atomic mass is 19.2. The number of carbonyl (C=O) groups excluding carboxylic acids is 3. The van der Waals surface area contributed by atoms with Gasteiger partial charge in [-0.05, 0) is 160 Å². The Bertz CT molecular complexity index is 4640. The molecule has 0 aliphatic rings. The van der Waals surface area contributed by atoms with Gasteiger partial charge < -0.3 is 31.3 Å². The summed E-state index contributed by atoms with van der Waals surface area (Å²) >= 11 is 0. The Morgan fingerprint density at radius 3 is 1.26 bits per heavy atom. The Labute approximate surface area is 487 Å². The average molecular weight is 1150 g/mol. The molecule has 12 aromatic rings. The zero-order chi connectivity index (χ0) is 60.4. The molecule has 3 amide bonds. The van der Waals surface area contributed by atoms with E-state index in [4.69, 9.17) is 5.73 Å². The van der Waals surface area contributed by atoms with Gasteiger partial charge in [0.2, 0.25) is 17.7 Å². The minimum absolute atomic E-state index is 0.122. The molecule has 86 heavy (non-hydrogen) atoms. The van der Waals surface area contributed by atoms with Crippen LogP contribution in [0.3, 0.4) is 0 Å². The molecule has 0 fully saturated rings. The number of hydrogen-bond donors (Lipinski definition) is 6. The molecule has 9 aromatic carbocycles. The first-order valence-electron chi connectivity index (χ1n) is 26.5. The summed E-state index contributed by atoms with van der Waals surface area (Å²) in [6, 6.07) is 50.6. The van der Waals surface area contributed by atoms with E-state index in [1.165, 1.54) is 32.0 Å². The fourth-order valence-electron chi connectivity index (χ4n) is 9.18. The second-order valence-corrected chi connectivity index (χ2v) is 19.5. The Hall–Kier alpha value is -11.4. The zero-order valence-electron chi connectivity index (χ0n) is 45.7. The molecule has 12 rings (SSSR count). The Morgan fingerprint density at radius 1 is 0.395 bits per heavy atom. The van der Waals surface area contributed by atoms with Crippen LogP contribution in [0.4, 0.5) is 37.7 Å². The number of imidazole rings is 3. The third kappa shape index (κ3) is 14.3. The molecule has 0 spiro atoms. The highest BCUT2D eigenvalue weighted by molar-refractivity contribution is 6.01. The van der Waals surface area contributed by atoms with Crippen molar-refractivity contribution in [3.05, 3.63) is 257 Å². The molecule has 0 bridgehead atoms. The maximum atomic E-state index is 13.3. The Morgan fingerprint density at radius 2 is 0.802 bits per heavy atom. The van der Waals surface area contributed by atoms with Crippen molar-refractivity contribution < 1.29 is 40.7 Å². The molecule has 0 unspecified atom stereocenters. The number of nitrogens with one attached hydrogen (secondary N) is 5. The highest BCUT2D eigenvalue weighted by Crippen LogP contribution is 2.32. The van der Waals surface area contributed by atoms with E-state index in [-0.39, 0.29) is 11.8 Å². The SMILES string of the molecule is CC(=O)Nc1cccc(-c2ccc3nc(/C=C/c4ccc(F)c(F)c4)[nH]c3c2)c1.CC(=O)Nc1ccccc1-c1ccc2nc(/C=C/c3ccc(F)c(F)c3)[nH]c2c1.NC(=O)c1ccccc1-c1ccc2nc(/C=C/c3ccc(F)c(F)c3)[nH]c2c1. The minimum Gasteiger partial charge on any atom is -0.366 e. The summed E-state index contributed by atoms with van der Waals surface area (Å²) in [6.45, 7) is 2.94. The Kier molecular flexibility index (Phi) is 17.4. The number of aromatic amines is 3. The van der Waals surface area contributed by atoms with Crippen molar-refractivity contribution in [3.63, 3.8) is 0 Å². The molecule has 0 saturated heterocycles.